The van der Waals surface area contributed by atoms with Gasteiger partial charge < -0.3 is 9.51 Å². The summed E-state index contributed by atoms with van der Waals surface area (Å²) in [6.45, 7) is 1.92. The number of imidazole rings is 1. The third-order valence-corrected chi connectivity index (χ3v) is 2.14. The number of aliphatic carboxylic acids is 1. The van der Waals surface area contributed by atoms with E-state index in [1.807, 2.05) is 23.5 Å². The van der Waals surface area contributed by atoms with Crippen LogP contribution in [0.4, 0.5) is 0 Å². The maximum absolute atomic E-state index is 10.5. The second-order valence-electron chi connectivity index (χ2n) is 3.23. The number of nitrogens with zero attached hydrogens (tertiary/aromatic N) is 2. The number of hydrogen-bond donors (Lipinski definition) is 1. The first-order valence-corrected chi connectivity index (χ1v) is 4.31. The molecule has 2 heterocycles. The number of carboxylic acid groups (broad SMARTS) is 1. The number of fused-ring (bicyclic) bond motifs is 1. The van der Waals surface area contributed by atoms with Crippen molar-refractivity contribution in [2.24, 2.45) is 0 Å². The summed E-state index contributed by atoms with van der Waals surface area (Å²) >= 11 is 0. The minimum absolute atomic E-state index is 0.0488. The van der Waals surface area contributed by atoms with Crippen LogP contribution in [0.3, 0.4) is 0 Å². The second-order valence-corrected chi connectivity index (χ2v) is 3.23. The van der Waals surface area contributed by atoms with Crippen molar-refractivity contribution in [1.29, 1.82) is 0 Å². The van der Waals surface area contributed by atoms with Crippen molar-refractivity contribution in [2.75, 3.05) is 0 Å². The first-order chi connectivity index (χ1) is 6.66. The van der Waals surface area contributed by atoms with E-state index >= 15 is 0 Å². The predicted octanol–water partition coefficient (Wildman–Crippen LogP) is 1.27. The van der Waals surface area contributed by atoms with Crippen molar-refractivity contribution < 1.29 is 9.90 Å². The topological polar surface area (TPSA) is 54.6 Å². The minimum atomic E-state index is -0.818. The van der Waals surface area contributed by atoms with Crippen LogP contribution < -0.4 is 0 Å². The summed E-state index contributed by atoms with van der Waals surface area (Å²) < 4.78 is 1.84. The normalized spacial score (nSPS) is 10.6. The summed E-state index contributed by atoms with van der Waals surface area (Å²) in [5.41, 5.74) is 2.74. The summed E-state index contributed by atoms with van der Waals surface area (Å²) in [5.74, 6) is -0.818. The van der Waals surface area contributed by atoms with E-state index in [-0.39, 0.29) is 6.42 Å². The van der Waals surface area contributed by atoms with Gasteiger partial charge in [-0.3, -0.25) is 4.79 Å². The van der Waals surface area contributed by atoms with E-state index in [9.17, 15) is 4.79 Å². The van der Waals surface area contributed by atoms with Gasteiger partial charge in [0.1, 0.15) is 0 Å². The van der Waals surface area contributed by atoms with Crippen LogP contribution in [0.1, 0.15) is 11.3 Å². The van der Waals surface area contributed by atoms with E-state index in [1.165, 1.54) is 0 Å². The molecule has 0 bridgehead atoms. The van der Waals surface area contributed by atoms with Crippen molar-refractivity contribution in [1.82, 2.24) is 9.38 Å². The second kappa shape index (κ2) is 3.14. The highest BCUT2D eigenvalue weighted by atomic mass is 16.4. The fourth-order valence-corrected chi connectivity index (χ4v) is 1.46. The molecule has 2 rings (SSSR count). The highest BCUT2D eigenvalue weighted by molar-refractivity contribution is 5.70. The number of aryl methyl sites for hydroxylation is 1. The van der Waals surface area contributed by atoms with E-state index < -0.39 is 5.97 Å². The molecule has 4 heteroatoms. The lowest BCUT2D eigenvalue weighted by Gasteiger charge is -1.99. The van der Waals surface area contributed by atoms with Gasteiger partial charge in [0.05, 0.1) is 24.0 Å². The number of aromatic nitrogens is 2. The van der Waals surface area contributed by atoms with Crippen LogP contribution in [0.15, 0.2) is 24.7 Å². The van der Waals surface area contributed by atoms with Crippen molar-refractivity contribution in [2.45, 2.75) is 13.3 Å². The fourth-order valence-electron chi connectivity index (χ4n) is 1.46. The van der Waals surface area contributed by atoms with Crippen LogP contribution in [0, 0.1) is 6.92 Å². The van der Waals surface area contributed by atoms with Gasteiger partial charge in [0.25, 0.3) is 0 Å². The summed E-state index contributed by atoms with van der Waals surface area (Å²) in [6.07, 6.45) is 3.53. The molecule has 0 saturated carbocycles. The van der Waals surface area contributed by atoms with Gasteiger partial charge in [0.15, 0.2) is 0 Å². The van der Waals surface area contributed by atoms with Gasteiger partial charge in [0.2, 0.25) is 0 Å². The van der Waals surface area contributed by atoms with Crippen molar-refractivity contribution >= 4 is 11.5 Å². The third-order valence-electron chi connectivity index (χ3n) is 2.14. The Bertz CT molecular complexity index is 488. The van der Waals surface area contributed by atoms with E-state index in [0.717, 1.165) is 16.8 Å². The van der Waals surface area contributed by atoms with Gasteiger partial charge in [-0.2, -0.15) is 0 Å². The summed E-state index contributed by atoms with van der Waals surface area (Å²) in [4.78, 5) is 14.6. The Kier molecular flexibility index (Phi) is 1.96. The highest BCUT2D eigenvalue weighted by Gasteiger charge is 2.03. The lowest BCUT2D eigenvalue weighted by molar-refractivity contribution is -0.136. The molecule has 2 aromatic heterocycles. The summed E-state index contributed by atoms with van der Waals surface area (Å²) in [5, 5.41) is 8.62. The zero-order valence-corrected chi connectivity index (χ0v) is 7.77. The summed E-state index contributed by atoms with van der Waals surface area (Å²) in [7, 11) is 0. The maximum atomic E-state index is 10.5. The quantitative estimate of drug-likeness (QED) is 0.775. The number of carboxylic acids is 1. The van der Waals surface area contributed by atoms with E-state index in [2.05, 4.69) is 4.98 Å². The molecular weight excluding hydrogens is 180 g/mol. The van der Waals surface area contributed by atoms with Gasteiger partial charge >= 0.3 is 5.97 Å². The van der Waals surface area contributed by atoms with Crippen LogP contribution >= 0.6 is 0 Å². The van der Waals surface area contributed by atoms with Crippen molar-refractivity contribution in [3.8, 4) is 0 Å². The Labute approximate surface area is 80.8 Å². The first kappa shape index (κ1) is 8.74. The molecule has 0 aliphatic heterocycles. The van der Waals surface area contributed by atoms with E-state index in [4.69, 9.17) is 5.11 Å². The number of rotatable bonds is 2. The molecule has 14 heavy (non-hydrogen) atoms. The Hall–Kier alpha value is -1.84. The van der Waals surface area contributed by atoms with Crippen LogP contribution in [0.5, 0.6) is 0 Å². The smallest absolute Gasteiger partial charge is 0.307 e. The van der Waals surface area contributed by atoms with Gasteiger partial charge in [-0.25, -0.2) is 4.98 Å². The van der Waals surface area contributed by atoms with Gasteiger partial charge in [0, 0.05) is 6.20 Å². The Morgan fingerprint density at radius 1 is 1.57 bits per heavy atom. The molecule has 0 radical (unpaired) electrons. The molecule has 72 valence electrons. The van der Waals surface area contributed by atoms with Gasteiger partial charge in [-0.1, -0.05) is 6.07 Å². The van der Waals surface area contributed by atoms with Crippen LogP contribution in [0.25, 0.3) is 5.52 Å². The minimum Gasteiger partial charge on any atom is -0.481 e. The highest BCUT2D eigenvalue weighted by Crippen LogP contribution is 2.10. The standard InChI is InChI=1S/C10H10N2O2/c1-7-9-3-2-8(4-10(13)14)5-12(9)6-11-7/h2-3,5-6H,4H2,1H3,(H,13,14). The van der Waals surface area contributed by atoms with Gasteiger partial charge in [-0.15, -0.1) is 0 Å². The molecule has 0 aliphatic rings. The van der Waals surface area contributed by atoms with Gasteiger partial charge in [-0.05, 0) is 18.6 Å². The Balaban J connectivity index is 2.46. The van der Waals surface area contributed by atoms with Crippen LogP contribution in [-0.2, 0) is 11.2 Å². The molecule has 0 amide bonds. The van der Waals surface area contributed by atoms with Crippen LogP contribution in [0.2, 0.25) is 0 Å². The molecule has 4 nitrogen and oxygen atoms in total. The Morgan fingerprint density at radius 2 is 2.36 bits per heavy atom. The zero-order valence-electron chi connectivity index (χ0n) is 7.77. The van der Waals surface area contributed by atoms with Crippen LogP contribution in [-0.4, -0.2) is 20.5 Å². The maximum Gasteiger partial charge on any atom is 0.307 e. The van der Waals surface area contributed by atoms with E-state index in [0.29, 0.717) is 0 Å². The molecule has 0 saturated heterocycles. The third kappa shape index (κ3) is 1.46. The number of pyridine rings is 1. The molecule has 0 spiro atoms. The van der Waals surface area contributed by atoms with Crippen molar-refractivity contribution in [3.63, 3.8) is 0 Å². The zero-order chi connectivity index (χ0) is 10.1. The van der Waals surface area contributed by atoms with E-state index in [1.54, 1.807) is 12.5 Å². The Morgan fingerprint density at radius 3 is 3.07 bits per heavy atom. The SMILES string of the molecule is Cc1ncn2cc(CC(=O)O)ccc12. The molecule has 0 atom stereocenters. The molecule has 1 N–H and O–H groups in total. The summed E-state index contributed by atoms with van der Waals surface area (Å²) in [6, 6.07) is 3.71. The lowest BCUT2D eigenvalue weighted by atomic mass is 10.2. The molecular formula is C10H10N2O2. The number of hydrogen-bond acceptors (Lipinski definition) is 2. The number of carbonyl (C=O) groups is 1. The molecule has 0 fully saturated rings. The average Bonchev–Trinajstić information content (AvgIpc) is 2.46. The predicted molar refractivity (Wildman–Crippen MR) is 51.3 cm³/mol. The van der Waals surface area contributed by atoms with Crippen molar-refractivity contribution in [3.05, 3.63) is 35.9 Å². The molecule has 2 aromatic rings. The first-order valence-electron chi connectivity index (χ1n) is 4.31. The molecule has 0 aliphatic carbocycles. The fraction of sp³-hybridized carbons (Fsp3) is 0.200. The largest absolute Gasteiger partial charge is 0.481 e. The molecule has 0 aromatic carbocycles. The molecule has 0 unspecified atom stereocenters. The monoisotopic (exact) mass is 190 g/mol. The average molecular weight is 190 g/mol. The lowest BCUT2D eigenvalue weighted by Crippen LogP contribution is -2.00.